The van der Waals surface area contributed by atoms with Crippen molar-refractivity contribution >= 4 is 17.2 Å². The standard InChI is InChI=1S/C17H20N2O2S/c20-11-14-6-8-19(9-7-14)17(21)15-12-22-16(18-15)10-13-4-2-1-3-5-13/h1-5,12,14,20H,6-11H2. The monoisotopic (exact) mass is 316 g/mol. The van der Waals surface area contributed by atoms with Crippen molar-refractivity contribution < 1.29 is 9.90 Å². The minimum atomic E-state index is 0.0203. The molecule has 1 amide bonds. The molecule has 1 fully saturated rings. The lowest BCUT2D eigenvalue weighted by atomic mass is 9.98. The van der Waals surface area contributed by atoms with Crippen LogP contribution < -0.4 is 0 Å². The molecule has 1 aliphatic heterocycles. The number of rotatable bonds is 4. The minimum Gasteiger partial charge on any atom is -0.396 e. The molecule has 1 N–H and O–H groups in total. The second kappa shape index (κ2) is 7.03. The van der Waals surface area contributed by atoms with Crippen LogP contribution in [0, 0.1) is 5.92 Å². The number of benzene rings is 1. The lowest BCUT2D eigenvalue weighted by Crippen LogP contribution is -2.39. The van der Waals surface area contributed by atoms with Crippen LogP contribution in [-0.4, -0.2) is 40.6 Å². The highest BCUT2D eigenvalue weighted by atomic mass is 32.1. The van der Waals surface area contributed by atoms with E-state index in [1.807, 2.05) is 28.5 Å². The van der Waals surface area contributed by atoms with Gasteiger partial charge in [0.2, 0.25) is 0 Å². The number of carbonyl (C=O) groups is 1. The van der Waals surface area contributed by atoms with E-state index in [1.165, 1.54) is 5.56 Å². The van der Waals surface area contributed by atoms with Crippen LogP contribution in [0.4, 0.5) is 0 Å². The van der Waals surface area contributed by atoms with Crippen molar-refractivity contribution in [3.05, 3.63) is 52.0 Å². The number of piperidine rings is 1. The summed E-state index contributed by atoms with van der Waals surface area (Å²) in [5.41, 5.74) is 1.76. The molecule has 3 rings (SSSR count). The maximum absolute atomic E-state index is 12.5. The van der Waals surface area contributed by atoms with Crippen molar-refractivity contribution in [2.75, 3.05) is 19.7 Å². The van der Waals surface area contributed by atoms with E-state index in [2.05, 4.69) is 17.1 Å². The molecular formula is C17H20N2O2S. The second-order valence-electron chi connectivity index (χ2n) is 5.71. The Bertz CT molecular complexity index is 619. The highest BCUT2D eigenvalue weighted by Gasteiger charge is 2.24. The molecular weight excluding hydrogens is 296 g/mol. The van der Waals surface area contributed by atoms with Crippen LogP contribution in [0.3, 0.4) is 0 Å². The fourth-order valence-corrected chi connectivity index (χ4v) is 3.54. The third-order valence-electron chi connectivity index (χ3n) is 4.13. The zero-order valence-electron chi connectivity index (χ0n) is 12.4. The van der Waals surface area contributed by atoms with Crippen LogP contribution in [0.5, 0.6) is 0 Å². The molecule has 0 bridgehead atoms. The SMILES string of the molecule is O=C(c1csc(Cc2ccccc2)n1)N1CCC(CO)CC1. The van der Waals surface area contributed by atoms with Gasteiger partial charge in [0.05, 0.1) is 5.01 Å². The summed E-state index contributed by atoms with van der Waals surface area (Å²) in [5.74, 6) is 0.361. The first-order chi connectivity index (χ1) is 10.8. The number of amides is 1. The average molecular weight is 316 g/mol. The first-order valence-corrected chi connectivity index (χ1v) is 8.52. The summed E-state index contributed by atoms with van der Waals surface area (Å²) < 4.78 is 0. The molecule has 1 aromatic heterocycles. The fourth-order valence-electron chi connectivity index (χ4n) is 2.74. The van der Waals surface area contributed by atoms with Crippen LogP contribution >= 0.6 is 11.3 Å². The maximum atomic E-state index is 12.5. The van der Waals surface area contributed by atoms with E-state index in [1.54, 1.807) is 11.3 Å². The first kappa shape index (κ1) is 15.2. The summed E-state index contributed by atoms with van der Waals surface area (Å²) in [7, 11) is 0. The van der Waals surface area contributed by atoms with Gasteiger partial charge in [-0.05, 0) is 24.3 Å². The molecule has 22 heavy (non-hydrogen) atoms. The zero-order chi connectivity index (χ0) is 15.4. The maximum Gasteiger partial charge on any atom is 0.273 e. The van der Waals surface area contributed by atoms with Crippen molar-refractivity contribution in [3.63, 3.8) is 0 Å². The van der Waals surface area contributed by atoms with Crippen LogP contribution in [0.25, 0.3) is 0 Å². The second-order valence-corrected chi connectivity index (χ2v) is 6.65. The molecule has 0 spiro atoms. The first-order valence-electron chi connectivity index (χ1n) is 7.64. The van der Waals surface area contributed by atoms with Gasteiger partial charge in [-0.3, -0.25) is 4.79 Å². The van der Waals surface area contributed by atoms with Gasteiger partial charge in [-0.1, -0.05) is 30.3 Å². The summed E-state index contributed by atoms with van der Waals surface area (Å²) >= 11 is 1.54. The Hall–Kier alpha value is -1.72. The van der Waals surface area contributed by atoms with Crippen LogP contribution in [0.15, 0.2) is 35.7 Å². The van der Waals surface area contributed by atoms with E-state index in [4.69, 9.17) is 5.11 Å². The number of carbonyl (C=O) groups excluding carboxylic acids is 1. The lowest BCUT2D eigenvalue weighted by molar-refractivity contribution is 0.0646. The Kier molecular flexibility index (Phi) is 4.85. The number of likely N-dealkylation sites (tertiary alicyclic amines) is 1. The smallest absolute Gasteiger partial charge is 0.273 e. The van der Waals surface area contributed by atoms with Crippen molar-refractivity contribution in [2.45, 2.75) is 19.3 Å². The highest BCUT2D eigenvalue weighted by Crippen LogP contribution is 2.20. The van der Waals surface area contributed by atoms with Gasteiger partial charge in [0, 0.05) is 31.5 Å². The van der Waals surface area contributed by atoms with Crippen molar-refractivity contribution in [2.24, 2.45) is 5.92 Å². The summed E-state index contributed by atoms with van der Waals surface area (Å²) in [6.45, 7) is 1.66. The van der Waals surface area contributed by atoms with Gasteiger partial charge in [-0.25, -0.2) is 4.98 Å². The van der Waals surface area contributed by atoms with Gasteiger partial charge in [0.25, 0.3) is 5.91 Å². The molecule has 2 aromatic rings. The Morgan fingerprint density at radius 2 is 2.00 bits per heavy atom. The largest absolute Gasteiger partial charge is 0.396 e. The zero-order valence-corrected chi connectivity index (χ0v) is 13.3. The van der Waals surface area contributed by atoms with Gasteiger partial charge in [0.1, 0.15) is 5.69 Å². The van der Waals surface area contributed by atoms with Crippen molar-refractivity contribution in [1.82, 2.24) is 9.88 Å². The number of thiazole rings is 1. The summed E-state index contributed by atoms with van der Waals surface area (Å²) in [6, 6.07) is 10.2. The Labute approximate surface area is 134 Å². The Morgan fingerprint density at radius 1 is 1.27 bits per heavy atom. The molecule has 0 radical (unpaired) electrons. The van der Waals surface area contributed by atoms with E-state index in [-0.39, 0.29) is 12.5 Å². The summed E-state index contributed by atoms with van der Waals surface area (Å²) in [4.78, 5) is 18.8. The van der Waals surface area contributed by atoms with E-state index in [0.717, 1.165) is 37.4 Å². The lowest BCUT2D eigenvalue weighted by Gasteiger charge is -2.30. The number of aliphatic hydroxyl groups excluding tert-OH is 1. The molecule has 1 saturated heterocycles. The summed E-state index contributed by atoms with van der Waals surface area (Å²) in [6.07, 6.45) is 2.53. The van der Waals surface area contributed by atoms with Crippen molar-refractivity contribution in [3.8, 4) is 0 Å². The van der Waals surface area contributed by atoms with E-state index in [0.29, 0.717) is 11.6 Å². The topological polar surface area (TPSA) is 53.4 Å². The van der Waals surface area contributed by atoms with Crippen LogP contribution in [0.1, 0.15) is 33.9 Å². The predicted molar refractivity (Wildman–Crippen MR) is 87.1 cm³/mol. The van der Waals surface area contributed by atoms with Crippen molar-refractivity contribution in [1.29, 1.82) is 0 Å². The quantitative estimate of drug-likeness (QED) is 0.943. The van der Waals surface area contributed by atoms with E-state index >= 15 is 0 Å². The fraction of sp³-hybridized carbons (Fsp3) is 0.412. The van der Waals surface area contributed by atoms with Crippen LogP contribution in [0.2, 0.25) is 0 Å². The number of nitrogens with zero attached hydrogens (tertiary/aromatic N) is 2. The molecule has 0 unspecified atom stereocenters. The molecule has 5 heteroatoms. The highest BCUT2D eigenvalue weighted by molar-refractivity contribution is 7.09. The third-order valence-corrected chi connectivity index (χ3v) is 4.98. The third kappa shape index (κ3) is 3.54. The Morgan fingerprint density at radius 3 is 2.68 bits per heavy atom. The van der Waals surface area contributed by atoms with Gasteiger partial charge in [-0.2, -0.15) is 0 Å². The molecule has 116 valence electrons. The van der Waals surface area contributed by atoms with Crippen LogP contribution in [-0.2, 0) is 6.42 Å². The normalized spacial score (nSPS) is 16.0. The number of hydrogen-bond donors (Lipinski definition) is 1. The van der Waals surface area contributed by atoms with Gasteiger partial charge < -0.3 is 10.0 Å². The van der Waals surface area contributed by atoms with Gasteiger partial charge >= 0.3 is 0 Å². The number of aliphatic hydroxyl groups is 1. The molecule has 2 heterocycles. The van der Waals surface area contributed by atoms with Gasteiger partial charge in [-0.15, -0.1) is 11.3 Å². The molecule has 0 aliphatic carbocycles. The molecule has 1 aliphatic rings. The molecule has 4 nitrogen and oxygen atoms in total. The number of aromatic nitrogens is 1. The average Bonchev–Trinajstić information content (AvgIpc) is 3.04. The molecule has 1 aromatic carbocycles. The number of hydrogen-bond acceptors (Lipinski definition) is 4. The minimum absolute atomic E-state index is 0.0203. The Balaban J connectivity index is 1.62. The predicted octanol–water partition coefficient (Wildman–Crippen LogP) is 2.58. The van der Waals surface area contributed by atoms with Gasteiger partial charge in [0.15, 0.2) is 0 Å². The summed E-state index contributed by atoms with van der Waals surface area (Å²) in [5, 5.41) is 12.0. The van der Waals surface area contributed by atoms with E-state index in [9.17, 15) is 4.79 Å². The molecule has 0 atom stereocenters. The van der Waals surface area contributed by atoms with E-state index < -0.39 is 0 Å². The molecule has 0 saturated carbocycles.